The van der Waals surface area contributed by atoms with Crippen molar-refractivity contribution in [2.45, 2.75) is 41.9 Å². The Labute approximate surface area is 126 Å². The fourth-order valence-electron chi connectivity index (χ4n) is 2.46. The lowest BCUT2D eigenvalue weighted by atomic mass is 10.2. The summed E-state index contributed by atoms with van der Waals surface area (Å²) in [7, 11) is 0. The van der Waals surface area contributed by atoms with Crippen LogP contribution in [0.2, 0.25) is 0 Å². The van der Waals surface area contributed by atoms with E-state index in [2.05, 4.69) is 0 Å². The Morgan fingerprint density at radius 3 is 2.48 bits per heavy atom. The van der Waals surface area contributed by atoms with Crippen molar-refractivity contribution in [1.82, 2.24) is 4.90 Å². The van der Waals surface area contributed by atoms with Gasteiger partial charge in [0.05, 0.1) is 11.7 Å². The molecule has 6 heteroatoms. The van der Waals surface area contributed by atoms with Gasteiger partial charge in [-0.1, -0.05) is 12.1 Å². The average molecular weight is 305 g/mol. The van der Waals surface area contributed by atoms with Gasteiger partial charge in [0.1, 0.15) is 0 Å². The van der Waals surface area contributed by atoms with E-state index in [0.29, 0.717) is 0 Å². The van der Waals surface area contributed by atoms with Gasteiger partial charge in [-0.15, -0.1) is 11.8 Å². The van der Waals surface area contributed by atoms with Crippen molar-refractivity contribution in [3.8, 4) is 0 Å². The number of amides is 2. The zero-order valence-electron chi connectivity index (χ0n) is 11.3. The third kappa shape index (κ3) is 3.10. The van der Waals surface area contributed by atoms with Gasteiger partial charge in [-0.25, -0.2) is 0 Å². The van der Waals surface area contributed by atoms with Crippen molar-refractivity contribution in [3.63, 3.8) is 0 Å². The molecule has 2 amide bonds. The minimum absolute atomic E-state index is 0.0126. The zero-order chi connectivity index (χ0) is 15.0. The van der Waals surface area contributed by atoms with Crippen LogP contribution in [0, 0.1) is 0 Å². The molecule has 2 aliphatic rings. The molecule has 1 saturated carbocycles. The molecule has 0 aromatic heterocycles. The molecule has 5 nitrogen and oxygen atoms in total. The first-order valence-corrected chi connectivity index (χ1v) is 7.76. The minimum Gasteiger partial charge on any atom is -0.481 e. The van der Waals surface area contributed by atoms with E-state index in [9.17, 15) is 14.4 Å². The van der Waals surface area contributed by atoms with Gasteiger partial charge in [-0.2, -0.15) is 0 Å². The summed E-state index contributed by atoms with van der Waals surface area (Å²) in [5.74, 6) is -1.02. The van der Waals surface area contributed by atoms with Crippen LogP contribution in [0.5, 0.6) is 0 Å². The maximum atomic E-state index is 12.2. The molecule has 0 spiro atoms. The first-order valence-electron chi connectivity index (χ1n) is 6.88. The number of benzene rings is 1. The molecule has 3 rings (SSSR count). The van der Waals surface area contributed by atoms with E-state index < -0.39 is 5.97 Å². The molecule has 1 aliphatic carbocycles. The van der Waals surface area contributed by atoms with Crippen LogP contribution in [0.3, 0.4) is 0 Å². The van der Waals surface area contributed by atoms with Crippen LogP contribution in [-0.2, 0) is 20.8 Å². The molecule has 1 saturated heterocycles. The van der Waals surface area contributed by atoms with Crippen LogP contribution in [0.15, 0.2) is 29.2 Å². The van der Waals surface area contributed by atoms with Crippen LogP contribution in [-0.4, -0.2) is 39.1 Å². The molecule has 0 bridgehead atoms. The first kappa shape index (κ1) is 14.1. The fraction of sp³-hybridized carbons (Fsp3) is 0.400. The molecule has 1 N–H and O–H groups in total. The van der Waals surface area contributed by atoms with E-state index in [1.54, 1.807) is 24.3 Å². The third-order valence-corrected chi connectivity index (χ3v) is 4.81. The molecular weight excluding hydrogens is 290 g/mol. The Morgan fingerprint density at radius 1 is 1.24 bits per heavy atom. The zero-order valence-corrected chi connectivity index (χ0v) is 12.1. The number of hydrogen-bond donors (Lipinski definition) is 1. The number of thioether (sulfide) groups is 1. The quantitative estimate of drug-likeness (QED) is 0.838. The number of aliphatic carboxylic acids is 1. The fourth-order valence-corrected chi connectivity index (χ4v) is 3.52. The Bertz CT molecular complexity index is 594. The van der Waals surface area contributed by atoms with E-state index in [4.69, 9.17) is 5.11 Å². The summed E-state index contributed by atoms with van der Waals surface area (Å²) < 4.78 is 0. The van der Waals surface area contributed by atoms with Crippen molar-refractivity contribution in [2.24, 2.45) is 0 Å². The van der Waals surface area contributed by atoms with Crippen LogP contribution in [0.25, 0.3) is 0 Å². The summed E-state index contributed by atoms with van der Waals surface area (Å²) in [6.45, 7) is 0. The molecule has 2 fully saturated rings. The summed E-state index contributed by atoms with van der Waals surface area (Å²) in [5.41, 5.74) is 0.722. The van der Waals surface area contributed by atoms with Gasteiger partial charge in [0.2, 0.25) is 11.8 Å². The smallest absolute Gasteiger partial charge is 0.307 e. The van der Waals surface area contributed by atoms with Gasteiger partial charge in [0, 0.05) is 17.4 Å². The molecule has 1 unspecified atom stereocenters. The van der Waals surface area contributed by atoms with Crippen molar-refractivity contribution in [2.75, 3.05) is 0 Å². The van der Waals surface area contributed by atoms with Gasteiger partial charge in [-0.05, 0) is 30.5 Å². The molecule has 1 aliphatic heterocycles. The number of imide groups is 1. The Hall–Kier alpha value is -1.82. The largest absolute Gasteiger partial charge is 0.481 e. The highest BCUT2D eigenvalue weighted by atomic mass is 32.2. The summed E-state index contributed by atoms with van der Waals surface area (Å²) in [4.78, 5) is 37.0. The monoisotopic (exact) mass is 305 g/mol. The Balaban J connectivity index is 1.65. The molecule has 1 aromatic carbocycles. The number of nitrogens with zero attached hydrogens (tertiary/aromatic N) is 1. The topological polar surface area (TPSA) is 74.7 Å². The highest BCUT2D eigenvalue weighted by Crippen LogP contribution is 2.37. The lowest BCUT2D eigenvalue weighted by Gasteiger charge is -2.13. The van der Waals surface area contributed by atoms with Gasteiger partial charge >= 0.3 is 5.97 Å². The normalized spacial score (nSPS) is 21.9. The number of likely N-dealkylation sites (tertiary alicyclic amines) is 1. The van der Waals surface area contributed by atoms with Crippen LogP contribution < -0.4 is 0 Å². The predicted octanol–water partition coefficient (Wildman–Crippen LogP) is 1.70. The van der Waals surface area contributed by atoms with Crippen molar-refractivity contribution < 1.29 is 19.5 Å². The van der Waals surface area contributed by atoms with Crippen LogP contribution in [0.4, 0.5) is 0 Å². The summed E-state index contributed by atoms with van der Waals surface area (Å²) in [5, 5.41) is 8.38. The molecule has 1 aromatic rings. The van der Waals surface area contributed by atoms with Gasteiger partial charge < -0.3 is 5.11 Å². The number of rotatable bonds is 5. The Morgan fingerprint density at radius 2 is 1.90 bits per heavy atom. The molecule has 21 heavy (non-hydrogen) atoms. The first-order chi connectivity index (χ1) is 10.0. The second-order valence-corrected chi connectivity index (χ2v) is 6.63. The number of carboxylic acids is 1. The van der Waals surface area contributed by atoms with Crippen molar-refractivity contribution >= 4 is 29.5 Å². The maximum Gasteiger partial charge on any atom is 0.307 e. The van der Waals surface area contributed by atoms with E-state index in [1.807, 2.05) is 0 Å². The lowest BCUT2D eigenvalue weighted by Crippen LogP contribution is -2.33. The Kier molecular flexibility index (Phi) is 3.71. The van der Waals surface area contributed by atoms with Crippen LogP contribution in [0.1, 0.15) is 24.8 Å². The van der Waals surface area contributed by atoms with Crippen molar-refractivity contribution in [1.29, 1.82) is 0 Å². The number of hydrogen-bond acceptors (Lipinski definition) is 4. The average Bonchev–Trinajstić information content (AvgIpc) is 3.20. The molecule has 1 atom stereocenters. The van der Waals surface area contributed by atoms with Gasteiger partial charge in [-0.3, -0.25) is 19.3 Å². The van der Waals surface area contributed by atoms with Crippen molar-refractivity contribution in [3.05, 3.63) is 29.8 Å². The lowest BCUT2D eigenvalue weighted by molar-refractivity contribution is -0.139. The van der Waals surface area contributed by atoms with Gasteiger partial charge in [0.15, 0.2) is 0 Å². The maximum absolute atomic E-state index is 12.2. The third-order valence-electron chi connectivity index (χ3n) is 3.61. The predicted molar refractivity (Wildman–Crippen MR) is 76.9 cm³/mol. The highest BCUT2D eigenvalue weighted by molar-refractivity contribution is 8.00. The second kappa shape index (κ2) is 5.52. The summed E-state index contributed by atoms with van der Waals surface area (Å²) >= 11 is 1.38. The standard InChI is InChI=1S/C15H15NO4S/c17-13-8-12(15(20)16(13)10-3-4-10)21-11-5-1-9(2-6-11)7-14(18)19/h1-2,5-6,10,12H,3-4,7-8H2,(H,18,19). The highest BCUT2D eigenvalue weighted by Gasteiger charge is 2.46. The molecule has 1 heterocycles. The van der Waals surface area contributed by atoms with E-state index in [0.717, 1.165) is 23.3 Å². The van der Waals surface area contributed by atoms with Gasteiger partial charge in [0.25, 0.3) is 0 Å². The summed E-state index contributed by atoms with van der Waals surface area (Å²) in [6, 6.07) is 7.24. The number of carboxylic acid groups (broad SMARTS) is 1. The number of carbonyl (C=O) groups excluding carboxylic acids is 2. The summed E-state index contributed by atoms with van der Waals surface area (Å²) in [6.07, 6.45) is 2.11. The van der Waals surface area contributed by atoms with E-state index >= 15 is 0 Å². The van der Waals surface area contributed by atoms with Crippen LogP contribution >= 0.6 is 11.8 Å². The minimum atomic E-state index is -0.868. The second-order valence-electron chi connectivity index (χ2n) is 5.36. The molecule has 0 radical (unpaired) electrons. The molecule has 110 valence electrons. The van der Waals surface area contributed by atoms with E-state index in [-0.39, 0.29) is 35.9 Å². The SMILES string of the molecule is O=C(O)Cc1ccc(SC2CC(=O)N(C3CC3)C2=O)cc1. The number of carbonyl (C=O) groups is 3. The van der Waals surface area contributed by atoms with E-state index in [1.165, 1.54) is 16.7 Å². The molecular formula is C15H15NO4S.